The smallest absolute Gasteiger partial charge is 0.271 e. The van der Waals surface area contributed by atoms with Crippen molar-refractivity contribution in [2.45, 2.75) is 4.90 Å². The molecule has 10 heteroatoms. The Bertz CT molecular complexity index is 1240. The predicted octanol–water partition coefficient (Wildman–Crippen LogP) is 2.97. The number of phenolic OH excluding ortho intramolecular Hbond substituents is 1. The number of amides is 1. The maximum atomic E-state index is 12.7. The molecule has 0 bridgehead atoms. The maximum absolute atomic E-state index is 12.7. The van der Waals surface area contributed by atoms with E-state index in [1.54, 1.807) is 36.4 Å². The van der Waals surface area contributed by atoms with Crippen LogP contribution in [-0.2, 0) is 10.0 Å². The van der Waals surface area contributed by atoms with E-state index < -0.39 is 15.9 Å². The molecule has 0 aliphatic heterocycles. The second kappa shape index (κ2) is 9.84. The second-order valence-electron chi connectivity index (χ2n) is 6.49. The number of anilines is 1. The first kappa shape index (κ1) is 22.6. The van der Waals surface area contributed by atoms with Crippen molar-refractivity contribution in [1.82, 2.24) is 5.43 Å². The number of methoxy groups -OCH3 is 2. The molecule has 1 amide bonds. The monoisotopic (exact) mass is 455 g/mol. The SMILES string of the molecule is COc1ccc(NS(=O)(=O)c2cccc(C(=O)N/N=C/c3cc(OC)ccc3O)c2)cc1. The highest BCUT2D eigenvalue weighted by atomic mass is 32.2. The normalized spacial score (nSPS) is 11.2. The number of hydrazone groups is 1. The highest BCUT2D eigenvalue weighted by Gasteiger charge is 2.16. The van der Waals surface area contributed by atoms with E-state index in [0.717, 1.165) is 0 Å². The van der Waals surface area contributed by atoms with Crippen LogP contribution in [0.5, 0.6) is 17.2 Å². The molecule has 0 aliphatic rings. The number of aromatic hydroxyl groups is 1. The summed E-state index contributed by atoms with van der Waals surface area (Å²) in [6.45, 7) is 0. The zero-order valence-corrected chi connectivity index (χ0v) is 18.1. The third-order valence-electron chi connectivity index (χ3n) is 4.35. The molecule has 0 fully saturated rings. The Labute approximate surface area is 185 Å². The van der Waals surface area contributed by atoms with Gasteiger partial charge in [0.15, 0.2) is 0 Å². The van der Waals surface area contributed by atoms with Crippen molar-refractivity contribution in [3.05, 3.63) is 77.9 Å². The van der Waals surface area contributed by atoms with Crippen LogP contribution in [0.2, 0.25) is 0 Å². The van der Waals surface area contributed by atoms with Crippen molar-refractivity contribution in [1.29, 1.82) is 0 Å². The molecule has 0 spiro atoms. The Morgan fingerprint density at radius 3 is 2.34 bits per heavy atom. The molecular weight excluding hydrogens is 434 g/mol. The van der Waals surface area contributed by atoms with E-state index in [-0.39, 0.29) is 16.2 Å². The van der Waals surface area contributed by atoms with Gasteiger partial charge in [-0.15, -0.1) is 0 Å². The van der Waals surface area contributed by atoms with Crippen LogP contribution in [0.3, 0.4) is 0 Å². The van der Waals surface area contributed by atoms with Gasteiger partial charge >= 0.3 is 0 Å². The molecule has 0 heterocycles. The van der Waals surface area contributed by atoms with E-state index >= 15 is 0 Å². The van der Waals surface area contributed by atoms with E-state index in [1.165, 1.54) is 50.8 Å². The predicted molar refractivity (Wildman–Crippen MR) is 120 cm³/mol. The van der Waals surface area contributed by atoms with Gasteiger partial charge in [0, 0.05) is 16.8 Å². The van der Waals surface area contributed by atoms with Gasteiger partial charge in [-0.05, 0) is 60.7 Å². The highest BCUT2D eigenvalue weighted by molar-refractivity contribution is 7.92. The molecule has 0 aromatic heterocycles. The molecule has 3 N–H and O–H groups in total. The number of nitrogens with one attached hydrogen (secondary N) is 2. The topological polar surface area (TPSA) is 126 Å². The minimum Gasteiger partial charge on any atom is -0.507 e. The van der Waals surface area contributed by atoms with E-state index in [4.69, 9.17) is 9.47 Å². The summed E-state index contributed by atoms with van der Waals surface area (Å²) in [4.78, 5) is 12.3. The highest BCUT2D eigenvalue weighted by Crippen LogP contribution is 2.22. The minimum atomic E-state index is -3.92. The van der Waals surface area contributed by atoms with Crippen molar-refractivity contribution in [2.75, 3.05) is 18.9 Å². The lowest BCUT2D eigenvalue weighted by molar-refractivity contribution is 0.0955. The first-order chi connectivity index (χ1) is 15.3. The number of carbonyl (C=O) groups is 1. The van der Waals surface area contributed by atoms with Gasteiger partial charge in [0.25, 0.3) is 15.9 Å². The van der Waals surface area contributed by atoms with Gasteiger partial charge in [0.05, 0.1) is 25.3 Å². The Balaban J connectivity index is 1.72. The number of hydrogen-bond acceptors (Lipinski definition) is 7. The van der Waals surface area contributed by atoms with Crippen molar-refractivity contribution in [2.24, 2.45) is 5.10 Å². The summed E-state index contributed by atoms with van der Waals surface area (Å²) in [6.07, 6.45) is 1.25. The number of hydrogen-bond donors (Lipinski definition) is 3. The quantitative estimate of drug-likeness (QED) is 0.354. The van der Waals surface area contributed by atoms with Crippen molar-refractivity contribution in [3.8, 4) is 17.2 Å². The number of rotatable bonds is 8. The van der Waals surface area contributed by atoms with Gasteiger partial charge in [-0.3, -0.25) is 9.52 Å². The Kier molecular flexibility index (Phi) is 6.96. The molecule has 166 valence electrons. The Morgan fingerprint density at radius 2 is 1.66 bits per heavy atom. The molecule has 3 aromatic rings. The zero-order chi connectivity index (χ0) is 23.1. The van der Waals surface area contributed by atoms with Crippen LogP contribution in [0.15, 0.2) is 76.7 Å². The van der Waals surface area contributed by atoms with Gasteiger partial charge in [0.2, 0.25) is 0 Å². The maximum Gasteiger partial charge on any atom is 0.271 e. The van der Waals surface area contributed by atoms with Crippen LogP contribution < -0.4 is 19.6 Å². The fourth-order valence-electron chi connectivity index (χ4n) is 2.67. The minimum absolute atomic E-state index is 0.0403. The van der Waals surface area contributed by atoms with Crippen LogP contribution in [-0.4, -0.2) is 39.9 Å². The summed E-state index contributed by atoms with van der Waals surface area (Å²) in [5, 5.41) is 13.7. The first-order valence-electron chi connectivity index (χ1n) is 9.30. The number of benzene rings is 3. The fraction of sp³-hybridized carbons (Fsp3) is 0.0909. The molecule has 0 saturated carbocycles. The summed E-state index contributed by atoms with van der Waals surface area (Å²) in [5.74, 6) is 0.443. The first-order valence-corrected chi connectivity index (χ1v) is 10.8. The molecule has 32 heavy (non-hydrogen) atoms. The van der Waals surface area contributed by atoms with E-state index in [9.17, 15) is 18.3 Å². The van der Waals surface area contributed by atoms with Gasteiger partial charge in [-0.1, -0.05) is 6.07 Å². The molecule has 0 saturated heterocycles. The van der Waals surface area contributed by atoms with Crippen LogP contribution in [0, 0.1) is 0 Å². The van der Waals surface area contributed by atoms with Crippen LogP contribution in [0.25, 0.3) is 0 Å². The third-order valence-corrected chi connectivity index (χ3v) is 5.73. The van der Waals surface area contributed by atoms with Crippen LogP contribution in [0.4, 0.5) is 5.69 Å². The molecule has 0 radical (unpaired) electrons. The lowest BCUT2D eigenvalue weighted by Gasteiger charge is -2.10. The van der Waals surface area contributed by atoms with Crippen molar-refractivity contribution in [3.63, 3.8) is 0 Å². The van der Waals surface area contributed by atoms with Gasteiger partial charge in [0.1, 0.15) is 17.2 Å². The summed E-state index contributed by atoms with van der Waals surface area (Å²) >= 11 is 0. The number of sulfonamides is 1. The largest absolute Gasteiger partial charge is 0.507 e. The lowest BCUT2D eigenvalue weighted by atomic mass is 10.2. The summed E-state index contributed by atoms with van der Waals surface area (Å²) in [7, 11) is -0.923. The van der Waals surface area contributed by atoms with E-state index in [0.29, 0.717) is 22.7 Å². The molecule has 0 aliphatic carbocycles. The van der Waals surface area contributed by atoms with Gasteiger partial charge < -0.3 is 14.6 Å². The van der Waals surface area contributed by atoms with Crippen LogP contribution in [0.1, 0.15) is 15.9 Å². The lowest BCUT2D eigenvalue weighted by Crippen LogP contribution is -2.19. The second-order valence-corrected chi connectivity index (χ2v) is 8.17. The standard InChI is InChI=1S/C22H21N3O6S/c1-30-18-8-6-17(7-9-18)25-32(28,29)20-5-3-4-15(13-20)22(27)24-23-14-16-12-19(31-2)10-11-21(16)26/h3-14,25-26H,1-2H3,(H,24,27)/b23-14+. The van der Waals surface area contributed by atoms with Crippen LogP contribution >= 0.6 is 0 Å². The molecule has 0 unspecified atom stereocenters. The average Bonchev–Trinajstić information content (AvgIpc) is 2.80. The van der Waals surface area contributed by atoms with Crippen molar-refractivity contribution >= 4 is 27.8 Å². The molecule has 0 atom stereocenters. The molecule has 3 aromatic carbocycles. The Morgan fingerprint density at radius 1 is 0.969 bits per heavy atom. The summed E-state index contributed by atoms with van der Waals surface area (Å²) < 4.78 is 37.9. The molecule has 9 nitrogen and oxygen atoms in total. The number of carbonyl (C=O) groups excluding carboxylic acids is 1. The van der Waals surface area contributed by atoms with Crippen molar-refractivity contribution < 1.29 is 27.8 Å². The summed E-state index contributed by atoms with van der Waals surface area (Å²) in [6, 6.07) is 16.5. The van der Waals surface area contributed by atoms with E-state index in [2.05, 4.69) is 15.2 Å². The van der Waals surface area contributed by atoms with Gasteiger partial charge in [-0.2, -0.15) is 5.10 Å². The number of ether oxygens (including phenoxy) is 2. The number of phenols is 1. The Hall–Kier alpha value is -4.05. The fourth-order valence-corrected chi connectivity index (χ4v) is 3.77. The molecular formula is C22H21N3O6S. The summed E-state index contributed by atoms with van der Waals surface area (Å²) in [5.41, 5.74) is 3.08. The zero-order valence-electron chi connectivity index (χ0n) is 17.3. The average molecular weight is 455 g/mol. The molecule has 3 rings (SSSR count). The third kappa shape index (κ3) is 5.55. The van der Waals surface area contributed by atoms with E-state index in [1.807, 2.05) is 0 Å². The number of nitrogens with zero attached hydrogens (tertiary/aromatic N) is 1. The van der Waals surface area contributed by atoms with Gasteiger partial charge in [-0.25, -0.2) is 13.8 Å².